The van der Waals surface area contributed by atoms with E-state index in [-0.39, 0.29) is 12.5 Å². The second-order valence-electron chi connectivity index (χ2n) is 4.14. The normalized spacial score (nSPS) is 10.2. The van der Waals surface area contributed by atoms with Crippen molar-refractivity contribution in [2.24, 2.45) is 0 Å². The van der Waals surface area contributed by atoms with Crippen molar-refractivity contribution in [1.29, 1.82) is 0 Å². The van der Waals surface area contributed by atoms with E-state index in [9.17, 15) is 4.79 Å². The van der Waals surface area contributed by atoms with Crippen LogP contribution in [-0.2, 0) is 4.79 Å². The Balaban J connectivity index is 1.97. The summed E-state index contributed by atoms with van der Waals surface area (Å²) in [6.45, 7) is -0.215. The summed E-state index contributed by atoms with van der Waals surface area (Å²) in [4.78, 5) is 11.8. The average molecular weight is 346 g/mol. The molecule has 2 aromatic rings. The number of benzene rings is 2. The number of rotatable bonds is 4. The molecule has 1 amide bonds. The monoisotopic (exact) mass is 344 g/mol. The molecule has 0 unspecified atom stereocenters. The fourth-order valence-corrected chi connectivity index (χ4v) is 2.19. The van der Waals surface area contributed by atoms with Crippen LogP contribution in [0.3, 0.4) is 0 Å². The summed E-state index contributed by atoms with van der Waals surface area (Å²) in [5.41, 5.74) is 6.58. The van der Waals surface area contributed by atoms with Crippen LogP contribution in [0.1, 0.15) is 0 Å². The first kappa shape index (κ1) is 15.8. The van der Waals surface area contributed by atoms with Crippen LogP contribution in [0.4, 0.5) is 11.4 Å². The van der Waals surface area contributed by atoms with E-state index in [0.717, 1.165) is 0 Å². The van der Waals surface area contributed by atoms with Crippen LogP contribution >= 0.6 is 34.8 Å². The molecule has 0 saturated carbocycles. The molecule has 0 bridgehead atoms. The predicted molar refractivity (Wildman–Crippen MR) is 86.5 cm³/mol. The van der Waals surface area contributed by atoms with Gasteiger partial charge in [-0.1, -0.05) is 34.8 Å². The van der Waals surface area contributed by atoms with Gasteiger partial charge in [0, 0.05) is 10.0 Å². The second kappa shape index (κ2) is 6.89. The number of nitrogens with two attached hydrogens (primary N) is 1. The number of ether oxygens (including phenoxy) is 1. The lowest BCUT2D eigenvalue weighted by molar-refractivity contribution is -0.118. The quantitative estimate of drug-likeness (QED) is 0.814. The molecule has 2 aromatic carbocycles. The minimum Gasteiger partial charge on any atom is -0.482 e. The topological polar surface area (TPSA) is 64.3 Å². The Bertz CT molecular complexity index is 677. The number of carbonyl (C=O) groups is 1. The van der Waals surface area contributed by atoms with Crippen LogP contribution in [0.25, 0.3) is 0 Å². The fourth-order valence-electron chi connectivity index (χ4n) is 1.56. The van der Waals surface area contributed by atoms with E-state index in [1.54, 1.807) is 30.3 Å². The lowest BCUT2D eigenvalue weighted by Gasteiger charge is -2.10. The third kappa shape index (κ3) is 4.43. The van der Waals surface area contributed by atoms with Gasteiger partial charge in [0.05, 0.1) is 16.4 Å². The van der Waals surface area contributed by atoms with E-state index in [0.29, 0.717) is 32.2 Å². The van der Waals surface area contributed by atoms with Crippen LogP contribution in [0, 0.1) is 0 Å². The van der Waals surface area contributed by atoms with Crippen molar-refractivity contribution >= 4 is 52.1 Å². The lowest BCUT2D eigenvalue weighted by atomic mass is 10.2. The minimum absolute atomic E-state index is 0.215. The van der Waals surface area contributed by atoms with Gasteiger partial charge in [0.1, 0.15) is 5.75 Å². The summed E-state index contributed by atoms with van der Waals surface area (Å²) in [5.74, 6) is -0.00901. The molecule has 0 aromatic heterocycles. The van der Waals surface area contributed by atoms with Crippen molar-refractivity contribution < 1.29 is 9.53 Å². The van der Waals surface area contributed by atoms with Crippen LogP contribution in [0.2, 0.25) is 15.1 Å². The molecule has 0 aliphatic heterocycles. The second-order valence-corrected chi connectivity index (χ2v) is 5.42. The Morgan fingerprint density at radius 3 is 2.48 bits per heavy atom. The van der Waals surface area contributed by atoms with Gasteiger partial charge in [0.15, 0.2) is 6.61 Å². The first-order chi connectivity index (χ1) is 9.95. The minimum atomic E-state index is -0.380. The molecule has 0 aliphatic rings. The zero-order valence-electron chi connectivity index (χ0n) is 10.7. The first-order valence-corrected chi connectivity index (χ1v) is 7.02. The molecule has 0 fully saturated rings. The molecule has 0 radical (unpaired) electrons. The van der Waals surface area contributed by atoms with E-state index in [1.807, 2.05) is 0 Å². The standard InChI is InChI=1S/C14H11Cl3N2O2/c15-8-2-4-13(10(17)5-8)21-7-14(20)19-12-6-9(16)1-3-11(12)18/h1-6H,7,18H2,(H,19,20). The number of hydrogen-bond donors (Lipinski definition) is 2. The highest BCUT2D eigenvalue weighted by atomic mass is 35.5. The van der Waals surface area contributed by atoms with Gasteiger partial charge in [-0.15, -0.1) is 0 Å². The smallest absolute Gasteiger partial charge is 0.262 e. The molecule has 3 N–H and O–H groups in total. The van der Waals surface area contributed by atoms with E-state index in [4.69, 9.17) is 45.3 Å². The number of hydrogen-bond acceptors (Lipinski definition) is 3. The third-order valence-corrected chi connectivity index (χ3v) is 3.31. The van der Waals surface area contributed by atoms with Gasteiger partial charge < -0.3 is 15.8 Å². The van der Waals surface area contributed by atoms with Crippen molar-refractivity contribution in [2.45, 2.75) is 0 Å². The predicted octanol–water partition coefficient (Wildman–Crippen LogP) is 4.25. The molecule has 0 aliphatic carbocycles. The largest absolute Gasteiger partial charge is 0.482 e. The summed E-state index contributed by atoms with van der Waals surface area (Å²) < 4.78 is 5.32. The van der Waals surface area contributed by atoms with Crippen LogP contribution in [0.15, 0.2) is 36.4 Å². The number of amides is 1. The highest BCUT2D eigenvalue weighted by Crippen LogP contribution is 2.27. The van der Waals surface area contributed by atoms with E-state index >= 15 is 0 Å². The molecule has 7 heteroatoms. The Hall–Kier alpha value is -1.62. The van der Waals surface area contributed by atoms with Crippen molar-refractivity contribution in [1.82, 2.24) is 0 Å². The maximum Gasteiger partial charge on any atom is 0.262 e. The highest BCUT2D eigenvalue weighted by Gasteiger charge is 2.09. The lowest BCUT2D eigenvalue weighted by Crippen LogP contribution is -2.20. The van der Waals surface area contributed by atoms with Gasteiger partial charge in [0.25, 0.3) is 5.91 Å². The van der Waals surface area contributed by atoms with E-state index < -0.39 is 0 Å². The maximum absolute atomic E-state index is 11.8. The number of nitrogen functional groups attached to an aromatic ring is 1. The molecule has 2 rings (SSSR count). The number of carbonyl (C=O) groups excluding carboxylic acids is 1. The molecule has 21 heavy (non-hydrogen) atoms. The number of nitrogens with one attached hydrogen (secondary N) is 1. The summed E-state index contributed by atoms with van der Waals surface area (Å²) >= 11 is 17.6. The van der Waals surface area contributed by atoms with Gasteiger partial charge in [-0.3, -0.25) is 4.79 Å². The van der Waals surface area contributed by atoms with E-state index in [1.165, 1.54) is 6.07 Å². The number of anilines is 2. The van der Waals surface area contributed by atoms with Crippen LogP contribution in [0.5, 0.6) is 5.75 Å². The average Bonchev–Trinajstić information content (AvgIpc) is 2.42. The SMILES string of the molecule is Nc1ccc(Cl)cc1NC(=O)COc1ccc(Cl)cc1Cl. The highest BCUT2D eigenvalue weighted by molar-refractivity contribution is 6.35. The van der Waals surface area contributed by atoms with Crippen molar-refractivity contribution in [2.75, 3.05) is 17.7 Å². The van der Waals surface area contributed by atoms with Crippen molar-refractivity contribution in [3.8, 4) is 5.75 Å². The zero-order chi connectivity index (χ0) is 15.4. The Morgan fingerprint density at radius 1 is 1.10 bits per heavy atom. The summed E-state index contributed by atoms with van der Waals surface area (Å²) in [6.07, 6.45) is 0. The van der Waals surface area contributed by atoms with Gasteiger partial charge in [-0.25, -0.2) is 0 Å². The van der Waals surface area contributed by atoms with Gasteiger partial charge in [-0.2, -0.15) is 0 Å². The molecule has 0 atom stereocenters. The molecular formula is C14H11Cl3N2O2. The Kier molecular flexibility index (Phi) is 5.17. The molecule has 0 saturated heterocycles. The Morgan fingerprint density at radius 2 is 1.76 bits per heavy atom. The van der Waals surface area contributed by atoms with Gasteiger partial charge in [0.2, 0.25) is 0 Å². The summed E-state index contributed by atoms with van der Waals surface area (Å²) in [7, 11) is 0. The van der Waals surface area contributed by atoms with Crippen LogP contribution < -0.4 is 15.8 Å². The van der Waals surface area contributed by atoms with E-state index in [2.05, 4.69) is 5.32 Å². The molecular weight excluding hydrogens is 335 g/mol. The number of halogens is 3. The summed E-state index contributed by atoms with van der Waals surface area (Å²) in [5, 5.41) is 3.90. The van der Waals surface area contributed by atoms with Crippen molar-refractivity contribution in [3.63, 3.8) is 0 Å². The van der Waals surface area contributed by atoms with Gasteiger partial charge in [-0.05, 0) is 36.4 Å². The molecule has 0 spiro atoms. The zero-order valence-corrected chi connectivity index (χ0v) is 13.0. The first-order valence-electron chi connectivity index (χ1n) is 5.88. The Labute approximate surface area is 136 Å². The van der Waals surface area contributed by atoms with Crippen LogP contribution in [-0.4, -0.2) is 12.5 Å². The fraction of sp³-hybridized carbons (Fsp3) is 0.0714. The summed E-state index contributed by atoms with van der Waals surface area (Å²) in [6, 6.07) is 9.54. The van der Waals surface area contributed by atoms with Crippen molar-refractivity contribution in [3.05, 3.63) is 51.5 Å². The third-order valence-electron chi connectivity index (χ3n) is 2.54. The maximum atomic E-state index is 11.8. The molecule has 4 nitrogen and oxygen atoms in total. The molecule has 110 valence electrons. The molecule has 0 heterocycles. The van der Waals surface area contributed by atoms with Gasteiger partial charge >= 0.3 is 0 Å².